The van der Waals surface area contributed by atoms with Crippen LogP contribution in [0.1, 0.15) is 32.8 Å². The van der Waals surface area contributed by atoms with Crippen molar-refractivity contribution in [3.8, 4) is 11.3 Å². The van der Waals surface area contributed by atoms with Gasteiger partial charge in [0, 0.05) is 50.5 Å². The summed E-state index contributed by atoms with van der Waals surface area (Å²) in [6.07, 6.45) is 1.87. The number of hydrogen-bond donors (Lipinski definition) is 1. The normalized spacial score (nSPS) is 20.6. The van der Waals surface area contributed by atoms with E-state index in [1.807, 2.05) is 31.4 Å². The van der Waals surface area contributed by atoms with Crippen LogP contribution >= 0.6 is 0 Å². The molecule has 1 fully saturated rings. The van der Waals surface area contributed by atoms with Crippen LogP contribution in [0.2, 0.25) is 0 Å². The molecule has 2 atom stereocenters. The van der Waals surface area contributed by atoms with Crippen LogP contribution in [0.25, 0.3) is 16.8 Å². The Kier molecular flexibility index (Phi) is 4.68. The van der Waals surface area contributed by atoms with E-state index >= 15 is 0 Å². The largest absolute Gasteiger partial charge is 0.377 e. The number of aliphatic imine (C=N–C) groups is 1. The van der Waals surface area contributed by atoms with E-state index in [0.29, 0.717) is 28.7 Å². The van der Waals surface area contributed by atoms with Gasteiger partial charge < -0.3 is 10.2 Å². The van der Waals surface area contributed by atoms with Crippen LogP contribution in [0.15, 0.2) is 47.9 Å². The molecule has 1 N–H and O–H groups in total. The Morgan fingerprint density at radius 2 is 2.16 bits per heavy atom. The molecule has 0 bridgehead atoms. The van der Waals surface area contributed by atoms with Crippen LogP contribution in [0.5, 0.6) is 0 Å². The van der Waals surface area contributed by atoms with E-state index in [9.17, 15) is 8.78 Å². The predicted octanol–water partition coefficient (Wildman–Crippen LogP) is 4.51. The minimum atomic E-state index is -2.41. The maximum absolute atomic E-state index is 13.0. The number of alkyl halides is 2. The molecule has 2 aliphatic rings. The zero-order valence-electron chi connectivity index (χ0n) is 17.4. The zero-order chi connectivity index (χ0) is 21.7. The Morgan fingerprint density at radius 1 is 1.32 bits per heavy atom. The molecule has 0 amide bonds. The third kappa shape index (κ3) is 3.43. The van der Waals surface area contributed by atoms with E-state index in [0.717, 1.165) is 29.7 Å². The molecule has 0 saturated carbocycles. The summed E-state index contributed by atoms with van der Waals surface area (Å²) in [5, 5.41) is 7.91. The Labute approximate surface area is 180 Å². The third-order valence-corrected chi connectivity index (χ3v) is 6.09. The molecule has 0 aromatic carbocycles. The number of nitrogens with zero attached hydrogens (tertiary/aromatic N) is 6. The summed E-state index contributed by atoms with van der Waals surface area (Å²) < 4.78 is 27.8. The predicted molar refractivity (Wildman–Crippen MR) is 118 cm³/mol. The Morgan fingerprint density at radius 3 is 2.90 bits per heavy atom. The van der Waals surface area contributed by atoms with Crippen LogP contribution in [0.3, 0.4) is 0 Å². The highest BCUT2D eigenvalue weighted by molar-refractivity contribution is 5.96. The second-order valence-corrected chi connectivity index (χ2v) is 8.07. The van der Waals surface area contributed by atoms with Gasteiger partial charge in [0.25, 0.3) is 0 Å². The monoisotopic (exact) mass is 425 g/mol. The average molecular weight is 425 g/mol. The molecule has 3 aromatic heterocycles. The standard InChI is InChI=1S/C22H23F2N7.H2/c1-12-15(10-20(23)24)21-18(26-12)5-4-17(27-21)14-6-9-31-19(14)11-25-22(29-31)28-16-7-8-30(3)13(16)2;/h4-6,9,11,15-16,20H,2,7-8,10H2,1,3H3,(H,28,29);1H/t15?,16-;/m0./s1. The second kappa shape index (κ2) is 7.40. The lowest BCUT2D eigenvalue weighted by Gasteiger charge is -2.16. The van der Waals surface area contributed by atoms with E-state index in [1.54, 1.807) is 17.6 Å². The van der Waals surface area contributed by atoms with Crippen molar-refractivity contribution in [2.75, 3.05) is 18.9 Å². The van der Waals surface area contributed by atoms with Crippen LogP contribution in [0.4, 0.5) is 20.4 Å². The minimum absolute atomic E-state index is 0. The Hall–Kier alpha value is -3.36. The number of anilines is 1. The summed E-state index contributed by atoms with van der Waals surface area (Å²) in [7, 11) is 2.02. The highest BCUT2D eigenvalue weighted by Gasteiger charge is 2.29. The molecule has 0 aliphatic carbocycles. The van der Waals surface area contributed by atoms with Gasteiger partial charge in [-0.15, -0.1) is 5.10 Å². The van der Waals surface area contributed by atoms with Gasteiger partial charge in [0.05, 0.1) is 34.8 Å². The number of fused-ring (bicyclic) bond motifs is 2. The summed E-state index contributed by atoms with van der Waals surface area (Å²) in [6.45, 7) is 6.84. The first-order valence-electron chi connectivity index (χ1n) is 10.3. The first kappa shape index (κ1) is 19.6. The van der Waals surface area contributed by atoms with Crippen molar-refractivity contribution in [3.05, 3.63) is 48.6 Å². The maximum atomic E-state index is 13.0. The van der Waals surface area contributed by atoms with Crippen LogP contribution in [0, 0.1) is 0 Å². The SMILES string of the molecule is C=C1[C@@H](Nc2ncc3c(-c4ccc5c(n4)C(CC(F)F)C(C)=N5)ccn3n2)CCN1C.[HH]. The van der Waals surface area contributed by atoms with Crippen molar-refractivity contribution in [1.82, 2.24) is 24.5 Å². The fraction of sp³-hybridized carbons (Fsp3) is 0.364. The molecule has 5 rings (SSSR count). The van der Waals surface area contributed by atoms with Gasteiger partial charge in [-0.25, -0.2) is 23.3 Å². The van der Waals surface area contributed by atoms with Crippen LogP contribution < -0.4 is 5.32 Å². The highest BCUT2D eigenvalue weighted by atomic mass is 19.3. The fourth-order valence-corrected chi connectivity index (χ4v) is 4.29. The number of likely N-dealkylation sites (tertiary alicyclic amines) is 1. The van der Waals surface area contributed by atoms with Gasteiger partial charge in [-0.05, 0) is 31.5 Å². The molecule has 2 aliphatic heterocycles. The first-order chi connectivity index (χ1) is 14.9. The molecule has 1 unspecified atom stereocenters. The average Bonchev–Trinajstić information content (AvgIpc) is 3.39. The number of halogens is 2. The first-order valence-corrected chi connectivity index (χ1v) is 10.3. The minimum Gasteiger partial charge on any atom is -0.377 e. The van der Waals surface area contributed by atoms with E-state index in [-0.39, 0.29) is 13.9 Å². The van der Waals surface area contributed by atoms with Crippen molar-refractivity contribution in [2.45, 2.75) is 38.2 Å². The van der Waals surface area contributed by atoms with Gasteiger partial charge in [-0.2, -0.15) is 0 Å². The Bertz CT molecular complexity index is 1210. The summed E-state index contributed by atoms with van der Waals surface area (Å²) in [5.41, 5.74) is 5.31. The van der Waals surface area contributed by atoms with E-state index in [2.05, 4.69) is 31.9 Å². The van der Waals surface area contributed by atoms with Crippen molar-refractivity contribution in [3.63, 3.8) is 0 Å². The smallest absolute Gasteiger partial charge is 0.241 e. The molecule has 9 heteroatoms. The number of pyridine rings is 1. The summed E-state index contributed by atoms with van der Waals surface area (Å²) in [5.74, 6) is 0.0764. The summed E-state index contributed by atoms with van der Waals surface area (Å²) in [4.78, 5) is 15.7. The molecule has 1 saturated heterocycles. The van der Waals surface area contributed by atoms with E-state index in [4.69, 9.17) is 4.98 Å². The van der Waals surface area contributed by atoms with Crippen molar-refractivity contribution in [2.24, 2.45) is 4.99 Å². The van der Waals surface area contributed by atoms with Crippen LogP contribution in [-0.2, 0) is 0 Å². The zero-order valence-corrected chi connectivity index (χ0v) is 17.4. The summed E-state index contributed by atoms with van der Waals surface area (Å²) >= 11 is 0. The lowest BCUT2D eigenvalue weighted by Crippen LogP contribution is -2.22. The molecular formula is C22H25F2N7. The van der Waals surface area contributed by atoms with E-state index < -0.39 is 12.3 Å². The number of rotatable bonds is 5. The third-order valence-electron chi connectivity index (χ3n) is 6.09. The molecule has 162 valence electrons. The van der Waals surface area contributed by atoms with Gasteiger partial charge in [0.15, 0.2) is 0 Å². The lowest BCUT2D eigenvalue weighted by molar-refractivity contribution is 0.135. The van der Waals surface area contributed by atoms with Gasteiger partial charge >= 0.3 is 0 Å². The molecule has 31 heavy (non-hydrogen) atoms. The fourth-order valence-electron chi connectivity index (χ4n) is 4.29. The second-order valence-electron chi connectivity index (χ2n) is 8.07. The topological polar surface area (TPSA) is 70.7 Å². The van der Waals surface area contributed by atoms with Gasteiger partial charge in [-0.3, -0.25) is 4.99 Å². The van der Waals surface area contributed by atoms with Crippen molar-refractivity contribution in [1.29, 1.82) is 0 Å². The van der Waals surface area contributed by atoms with E-state index in [1.165, 1.54) is 0 Å². The molecule has 7 nitrogen and oxygen atoms in total. The Balaban J connectivity index is 0.00000245. The molecule has 0 spiro atoms. The van der Waals surface area contributed by atoms with Gasteiger partial charge in [0.2, 0.25) is 12.4 Å². The maximum Gasteiger partial charge on any atom is 0.241 e. The van der Waals surface area contributed by atoms with Crippen molar-refractivity contribution < 1.29 is 10.2 Å². The number of hydrogen-bond acceptors (Lipinski definition) is 6. The quantitative estimate of drug-likeness (QED) is 0.651. The molecule has 3 aromatic rings. The highest BCUT2D eigenvalue weighted by Crippen LogP contribution is 2.39. The summed E-state index contributed by atoms with van der Waals surface area (Å²) in [6, 6.07) is 5.73. The van der Waals surface area contributed by atoms with Gasteiger partial charge in [0.1, 0.15) is 0 Å². The molecule has 0 radical (unpaired) electrons. The number of aromatic nitrogens is 4. The lowest BCUT2D eigenvalue weighted by atomic mass is 9.97. The number of likely N-dealkylation sites (N-methyl/N-ethyl adjacent to an activating group) is 1. The molecular weight excluding hydrogens is 400 g/mol. The van der Waals surface area contributed by atoms with Crippen LogP contribution in [-0.4, -0.2) is 56.3 Å². The number of nitrogens with one attached hydrogen (secondary N) is 1. The van der Waals surface area contributed by atoms with Gasteiger partial charge in [-0.1, -0.05) is 6.58 Å². The molecule has 5 heterocycles. The van der Waals surface area contributed by atoms with Crippen molar-refractivity contribution >= 4 is 22.9 Å².